The predicted molar refractivity (Wildman–Crippen MR) is 102 cm³/mol. The average Bonchev–Trinajstić information content (AvgIpc) is 3.38. The molecule has 2 fully saturated rings. The molecule has 1 unspecified atom stereocenters. The Kier molecular flexibility index (Phi) is 4.26. The van der Waals surface area contributed by atoms with Crippen LogP contribution in [0.1, 0.15) is 48.7 Å². The van der Waals surface area contributed by atoms with E-state index in [1.165, 1.54) is 5.56 Å². The van der Waals surface area contributed by atoms with Crippen molar-refractivity contribution in [1.29, 1.82) is 0 Å². The molecule has 4 heterocycles. The largest absolute Gasteiger partial charge is 0.334 e. The summed E-state index contributed by atoms with van der Waals surface area (Å²) in [5, 5.41) is 16.3. The third-order valence-electron chi connectivity index (χ3n) is 6.15. The molecule has 0 spiro atoms. The number of nitrogens with one attached hydrogen (secondary N) is 1. The minimum absolute atomic E-state index is 0.0525. The molecule has 2 aromatic heterocycles. The van der Waals surface area contributed by atoms with Crippen LogP contribution in [0.4, 0.5) is 4.79 Å². The maximum atomic E-state index is 12.5. The maximum absolute atomic E-state index is 12.5. The van der Waals surface area contributed by atoms with Gasteiger partial charge in [-0.05, 0) is 50.2 Å². The zero-order valence-corrected chi connectivity index (χ0v) is 16.5. The first-order chi connectivity index (χ1) is 13.5. The van der Waals surface area contributed by atoms with Crippen LogP contribution in [0, 0.1) is 0 Å². The molecule has 150 valence electrons. The van der Waals surface area contributed by atoms with Crippen molar-refractivity contribution in [1.82, 2.24) is 30.0 Å². The Hall–Kier alpha value is -2.23. The summed E-state index contributed by atoms with van der Waals surface area (Å²) in [4.78, 5) is 14.2. The lowest BCUT2D eigenvalue weighted by Crippen LogP contribution is -2.48. The van der Waals surface area contributed by atoms with Gasteiger partial charge in [0.05, 0.1) is 17.2 Å². The molecule has 0 radical (unpaired) electrons. The highest BCUT2D eigenvalue weighted by Gasteiger charge is 2.32. The molecule has 5 rings (SSSR count). The monoisotopic (exact) mass is 404 g/mol. The summed E-state index contributed by atoms with van der Waals surface area (Å²) in [6.07, 6.45) is 5.33. The van der Waals surface area contributed by atoms with Gasteiger partial charge in [0.15, 0.2) is 21.3 Å². The lowest BCUT2D eigenvalue weighted by Gasteiger charge is -2.31. The number of aromatic nitrogens is 4. The number of rotatable bonds is 2. The van der Waals surface area contributed by atoms with Crippen molar-refractivity contribution in [2.45, 2.75) is 50.5 Å². The van der Waals surface area contributed by atoms with E-state index in [0.717, 1.165) is 49.3 Å². The molecule has 10 heteroatoms. The summed E-state index contributed by atoms with van der Waals surface area (Å²) in [7, 11) is -2.99. The Balaban J connectivity index is 1.24. The number of carbonyl (C=O) groups excluding carboxylic acids is 1. The fourth-order valence-electron chi connectivity index (χ4n) is 4.56. The Morgan fingerprint density at radius 2 is 1.96 bits per heavy atom. The smallest absolute Gasteiger partial charge is 0.317 e. The van der Waals surface area contributed by atoms with Crippen molar-refractivity contribution in [2.75, 3.05) is 24.6 Å². The van der Waals surface area contributed by atoms with Gasteiger partial charge in [0.2, 0.25) is 0 Å². The van der Waals surface area contributed by atoms with Crippen LogP contribution in [-0.2, 0) is 22.7 Å². The molecule has 0 bridgehead atoms. The van der Waals surface area contributed by atoms with Gasteiger partial charge in [0.25, 0.3) is 0 Å². The number of piperidine rings is 1. The number of amides is 2. The van der Waals surface area contributed by atoms with Gasteiger partial charge < -0.3 is 10.2 Å². The van der Waals surface area contributed by atoms with E-state index in [9.17, 15) is 13.2 Å². The number of sulfone groups is 1. The van der Waals surface area contributed by atoms with Crippen LogP contribution in [0.15, 0.2) is 6.07 Å². The first-order valence-electron chi connectivity index (χ1n) is 9.98. The van der Waals surface area contributed by atoms with Crippen LogP contribution in [0.3, 0.4) is 0 Å². The molecule has 2 aliphatic heterocycles. The van der Waals surface area contributed by atoms with Crippen molar-refractivity contribution in [2.24, 2.45) is 0 Å². The average molecular weight is 404 g/mol. The van der Waals surface area contributed by atoms with E-state index in [0.29, 0.717) is 19.5 Å². The van der Waals surface area contributed by atoms with E-state index < -0.39 is 9.84 Å². The fraction of sp³-hybridized carbons (Fsp3) is 0.667. The second kappa shape index (κ2) is 6.68. The highest BCUT2D eigenvalue weighted by Crippen LogP contribution is 2.28. The Bertz CT molecular complexity index is 1030. The summed E-state index contributed by atoms with van der Waals surface area (Å²) in [5.41, 5.74) is 3.24. The first kappa shape index (κ1) is 17.8. The second-order valence-corrected chi connectivity index (χ2v) is 10.3. The molecule has 28 heavy (non-hydrogen) atoms. The maximum Gasteiger partial charge on any atom is 0.317 e. The van der Waals surface area contributed by atoms with Crippen molar-refractivity contribution >= 4 is 21.5 Å². The van der Waals surface area contributed by atoms with E-state index in [4.69, 9.17) is 5.10 Å². The lowest BCUT2D eigenvalue weighted by molar-refractivity contribution is 0.177. The van der Waals surface area contributed by atoms with Crippen LogP contribution in [0.25, 0.3) is 5.65 Å². The highest BCUT2D eigenvalue weighted by atomic mass is 32.2. The molecule has 1 aliphatic carbocycles. The van der Waals surface area contributed by atoms with E-state index in [-0.39, 0.29) is 29.5 Å². The number of nitrogens with zero attached hydrogens (tertiary/aromatic N) is 5. The van der Waals surface area contributed by atoms with Gasteiger partial charge in [0.1, 0.15) is 0 Å². The summed E-state index contributed by atoms with van der Waals surface area (Å²) in [5.74, 6) is 1.32. The normalized spacial score (nSPS) is 24.6. The van der Waals surface area contributed by atoms with E-state index in [2.05, 4.69) is 21.6 Å². The Morgan fingerprint density at radius 1 is 1.14 bits per heavy atom. The number of hydrogen-bond acceptors (Lipinski definition) is 6. The number of hydrogen-bond donors (Lipinski definition) is 1. The van der Waals surface area contributed by atoms with Crippen molar-refractivity contribution in [3.8, 4) is 0 Å². The second-order valence-electron chi connectivity index (χ2n) is 8.11. The number of carbonyl (C=O) groups is 1. The molecule has 2 aromatic rings. The molecule has 1 N–H and O–H groups in total. The van der Waals surface area contributed by atoms with Gasteiger partial charge in [-0.1, -0.05) is 0 Å². The van der Waals surface area contributed by atoms with Gasteiger partial charge in [0, 0.05) is 25.0 Å². The summed E-state index contributed by atoms with van der Waals surface area (Å²) in [6.45, 7) is 1.24. The number of likely N-dealkylation sites (tertiary alicyclic amines) is 1. The molecule has 0 aromatic carbocycles. The predicted octanol–water partition coefficient (Wildman–Crippen LogP) is 0.689. The molecule has 2 saturated heterocycles. The zero-order valence-electron chi connectivity index (χ0n) is 15.7. The fourth-order valence-corrected chi connectivity index (χ4v) is 6.24. The van der Waals surface area contributed by atoms with E-state index >= 15 is 0 Å². The topological polar surface area (TPSA) is 110 Å². The standard InChI is InChI=1S/C18H24N6O3S/c25-18(19-14-6-9-28(26,27)11-14)23-7-4-12(5-8-23)17-21-20-16-10-13-2-1-3-15(13)22-24(16)17/h10,12,14H,1-9,11H2,(H,19,25). The van der Waals surface area contributed by atoms with Crippen LogP contribution < -0.4 is 5.32 Å². The third kappa shape index (κ3) is 3.23. The summed E-state index contributed by atoms with van der Waals surface area (Å²) < 4.78 is 25.0. The molecular formula is C18H24N6O3S. The van der Waals surface area contributed by atoms with Crippen LogP contribution in [-0.4, -0.2) is 69.8 Å². The third-order valence-corrected chi connectivity index (χ3v) is 7.92. The molecule has 9 nitrogen and oxygen atoms in total. The zero-order chi connectivity index (χ0) is 19.3. The van der Waals surface area contributed by atoms with Crippen LogP contribution in [0.2, 0.25) is 0 Å². The quantitative estimate of drug-likeness (QED) is 0.789. The summed E-state index contributed by atoms with van der Waals surface area (Å²) >= 11 is 0. The SMILES string of the molecule is O=C(NC1CCS(=O)(=O)C1)N1CCC(c2nnc3cc4c(nn23)CCC4)CC1. The van der Waals surface area contributed by atoms with Crippen LogP contribution >= 0.6 is 0 Å². The van der Waals surface area contributed by atoms with Gasteiger partial charge in [-0.15, -0.1) is 10.2 Å². The molecule has 1 atom stereocenters. The molecule has 3 aliphatic rings. The minimum atomic E-state index is -2.99. The molecular weight excluding hydrogens is 380 g/mol. The molecule has 0 saturated carbocycles. The van der Waals surface area contributed by atoms with E-state index in [1.807, 2.05) is 4.52 Å². The number of aryl methyl sites for hydroxylation is 2. The first-order valence-corrected chi connectivity index (χ1v) is 11.8. The number of urea groups is 1. The van der Waals surface area contributed by atoms with Gasteiger partial charge in [-0.25, -0.2) is 13.2 Å². The van der Waals surface area contributed by atoms with E-state index in [1.54, 1.807) is 4.90 Å². The van der Waals surface area contributed by atoms with Gasteiger partial charge in [-0.2, -0.15) is 9.61 Å². The van der Waals surface area contributed by atoms with Crippen LogP contribution in [0.5, 0.6) is 0 Å². The molecule has 2 amide bonds. The van der Waals surface area contributed by atoms with Crippen molar-refractivity contribution < 1.29 is 13.2 Å². The van der Waals surface area contributed by atoms with Crippen molar-refractivity contribution in [3.63, 3.8) is 0 Å². The summed E-state index contributed by atoms with van der Waals surface area (Å²) in [6, 6.07) is 1.67. The minimum Gasteiger partial charge on any atom is -0.334 e. The highest BCUT2D eigenvalue weighted by molar-refractivity contribution is 7.91. The Labute approximate surface area is 163 Å². The van der Waals surface area contributed by atoms with Crippen molar-refractivity contribution in [3.05, 3.63) is 23.1 Å². The van der Waals surface area contributed by atoms with Gasteiger partial charge in [-0.3, -0.25) is 0 Å². The Morgan fingerprint density at radius 3 is 2.71 bits per heavy atom. The lowest BCUT2D eigenvalue weighted by atomic mass is 9.96. The van der Waals surface area contributed by atoms with Gasteiger partial charge >= 0.3 is 6.03 Å². The number of fused-ring (bicyclic) bond motifs is 2.